The van der Waals surface area contributed by atoms with Crippen molar-refractivity contribution in [3.63, 3.8) is 0 Å². The van der Waals surface area contributed by atoms with Crippen LogP contribution in [0.2, 0.25) is 0 Å². The fraction of sp³-hybridized carbons (Fsp3) is 1.00. The molecule has 0 aromatic rings. The van der Waals surface area contributed by atoms with Gasteiger partial charge in [-0.1, -0.05) is 33.1 Å². The molecular weight excluding hydrogens is 168 g/mol. The highest BCUT2D eigenvalue weighted by Crippen LogP contribution is 2.56. The third-order valence-electron chi connectivity index (χ3n) is 4.88. The van der Waals surface area contributed by atoms with Gasteiger partial charge in [0, 0.05) is 0 Å². The third kappa shape index (κ3) is 1.99. The zero-order valence-electron chi connectivity index (χ0n) is 10.0. The lowest BCUT2D eigenvalue weighted by Crippen LogP contribution is -2.40. The summed E-state index contributed by atoms with van der Waals surface area (Å²) in [6.45, 7) is 4.70. The van der Waals surface area contributed by atoms with E-state index in [9.17, 15) is 0 Å². The van der Waals surface area contributed by atoms with Gasteiger partial charge in [0.05, 0.1) is 0 Å². The predicted octanol–water partition coefficient (Wildman–Crippen LogP) is 4.78. The van der Waals surface area contributed by atoms with Gasteiger partial charge in [0.25, 0.3) is 0 Å². The lowest BCUT2D eigenvalue weighted by molar-refractivity contribution is -0.00234. The summed E-state index contributed by atoms with van der Waals surface area (Å²) < 4.78 is 0. The van der Waals surface area contributed by atoms with Gasteiger partial charge in [0.1, 0.15) is 0 Å². The molecule has 0 radical (unpaired) electrons. The van der Waals surface area contributed by atoms with E-state index in [1.807, 2.05) is 0 Å². The second kappa shape index (κ2) is 4.24. The fourth-order valence-corrected chi connectivity index (χ4v) is 3.85. The quantitative estimate of drug-likeness (QED) is 0.606. The molecular formula is C14H26. The van der Waals surface area contributed by atoms with Gasteiger partial charge >= 0.3 is 0 Å². The summed E-state index contributed by atoms with van der Waals surface area (Å²) >= 11 is 0. The smallest absolute Gasteiger partial charge is 0.0292 e. The van der Waals surface area contributed by atoms with Gasteiger partial charge in [-0.15, -0.1) is 0 Å². The van der Waals surface area contributed by atoms with E-state index in [1.165, 1.54) is 19.3 Å². The van der Waals surface area contributed by atoms with Crippen molar-refractivity contribution in [1.82, 2.24) is 0 Å². The normalized spacial score (nSPS) is 42.4. The Morgan fingerprint density at radius 3 is 2.14 bits per heavy atom. The van der Waals surface area contributed by atoms with Crippen LogP contribution in [0.1, 0.15) is 71.6 Å². The first-order valence-electron chi connectivity index (χ1n) is 6.78. The van der Waals surface area contributed by atoms with E-state index in [2.05, 4.69) is 13.8 Å². The maximum Gasteiger partial charge on any atom is -0.0292 e. The van der Waals surface area contributed by atoms with Gasteiger partial charge in [-0.25, -0.2) is 0 Å². The summed E-state index contributed by atoms with van der Waals surface area (Å²) in [6.07, 6.45) is 13.7. The van der Waals surface area contributed by atoms with E-state index in [-0.39, 0.29) is 0 Å². The molecule has 1 spiro atoms. The Morgan fingerprint density at radius 2 is 1.64 bits per heavy atom. The Kier molecular flexibility index (Phi) is 3.19. The van der Waals surface area contributed by atoms with Crippen molar-refractivity contribution in [1.29, 1.82) is 0 Å². The molecule has 0 amide bonds. The first-order chi connectivity index (χ1) is 6.78. The maximum atomic E-state index is 2.36. The Hall–Kier alpha value is 0. The molecule has 2 saturated carbocycles. The van der Waals surface area contributed by atoms with Gasteiger partial charge in [-0.3, -0.25) is 0 Å². The van der Waals surface area contributed by atoms with Crippen LogP contribution in [0.25, 0.3) is 0 Å². The summed E-state index contributed by atoms with van der Waals surface area (Å²) in [4.78, 5) is 0. The van der Waals surface area contributed by atoms with Crippen LogP contribution in [0.5, 0.6) is 0 Å². The van der Waals surface area contributed by atoms with Crippen molar-refractivity contribution in [3.8, 4) is 0 Å². The average molecular weight is 194 g/mol. The van der Waals surface area contributed by atoms with E-state index < -0.39 is 0 Å². The summed E-state index contributed by atoms with van der Waals surface area (Å²) in [6, 6.07) is 0. The van der Waals surface area contributed by atoms with Crippen molar-refractivity contribution in [2.45, 2.75) is 71.6 Å². The highest BCUT2D eigenvalue weighted by atomic mass is 14.5. The van der Waals surface area contributed by atoms with Gasteiger partial charge < -0.3 is 0 Å². The highest BCUT2D eigenvalue weighted by molar-refractivity contribution is 4.95. The van der Waals surface area contributed by atoms with Crippen LogP contribution in [0.4, 0.5) is 0 Å². The van der Waals surface area contributed by atoms with Crippen molar-refractivity contribution in [2.75, 3.05) is 0 Å². The molecule has 14 heavy (non-hydrogen) atoms. The molecule has 0 nitrogen and oxygen atoms in total. The Labute approximate surface area is 89.5 Å². The lowest BCUT2D eigenvalue weighted by Gasteiger charge is -2.51. The van der Waals surface area contributed by atoms with Crippen LogP contribution in [0, 0.1) is 17.3 Å². The van der Waals surface area contributed by atoms with E-state index in [0.717, 1.165) is 17.3 Å². The van der Waals surface area contributed by atoms with Crippen LogP contribution >= 0.6 is 0 Å². The summed E-state index contributed by atoms with van der Waals surface area (Å²) in [5, 5.41) is 0. The molecule has 0 saturated heterocycles. The zero-order chi connectivity index (χ0) is 10.0. The number of hydrogen-bond acceptors (Lipinski definition) is 0. The lowest BCUT2D eigenvalue weighted by atomic mass is 9.54. The van der Waals surface area contributed by atoms with Gasteiger partial charge in [0.15, 0.2) is 0 Å². The standard InChI is InChI=1S/C14H26/c1-3-5-13-6-8-14(9-7-13)10-12(4-2)11-14/h12-13H,3-11H2,1-2H3. The van der Waals surface area contributed by atoms with Gasteiger partial charge in [0.2, 0.25) is 0 Å². The predicted molar refractivity (Wildman–Crippen MR) is 62.3 cm³/mol. The van der Waals surface area contributed by atoms with Crippen molar-refractivity contribution < 1.29 is 0 Å². The fourth-order valence-electron chi connectivity index (χ4n) is 3.85. The summed E-state index contributed by atoms with van der Waals surface area (Å²) in [5.74, 6) is 2.18. The summed E-state index contributed by atoms with van der Waals surface area (Å²) in [5.41, 5.74) is 0.852. The second-order valence-electron chi connectivity index (χ2n) is 5.91. The number of hydrogen-bond donors (Lipinski definition) is 0. The zero-order valence-corrected chi connectivity index (χ0v) is 10.0. The van der Waals surface area contributed by atoms with Gasteiger partial charge in [-0.2, -0.15) is 0 Å². The molecule has 0 unspecified atom stereocenters. The second-order valence-corrected chi connectivity index (χ2v) is 5.91. The molecule has 2 aliphatic rings. The molecule has 2 fully saturated rings. The van der Waals surface area contributed by atoms with E-state index in [4.69, 9.17) is 0 Å². The molecule has 2 rings (SSSR count). The molecule has 0 aromatic carbocycles. The molecule has 0 heteroatoms. The van der Waals surface area contributed by atoms with Crippen LogP contribution in [-0.2, 0) is 0 Å². The maximum absolute atomic E-state index is 2.36. The first-order valence-corrected chi connectivity index (χ1v) is 6.78. The molecule has 0 aromatic heterocycles. The average Bonchev–Trinajstić information content (AvgIpc) is 2.16. The SMILES string of the molecule is CCCC1CCC2(CC1)CC(CC)C2. The summed E-state index contributed by atoms with van der Waals surface area (Å²) in [7, 11) is 0. The number of rotatable bonds is 3. The molecule has 2 aliphatic carbocycles. The van der Waals surface area contributed by atoms with Crippen LogP contribution in [-0.4, -0.2) is 0 Å². The Balaban J connectivity index is 1.74. The monoisotopic (exact) mass is 194 g/mol. The Morgan fingerprint density at radius 1 is 1.00 bits per heavy atom. The molecule has 0 aliphatic heterocycles. The van der Waals surface area contributed by atoms with Crippen molar-refractivity contribution in [2.24, 2.45) is 17.3 Å². The topological polar surface area (TPSA) is 0 Å². The minimum Gasteiger partial charge on any atom is -0.0654 e. The molecule has 0 atom stereocenters. The van der Waals surface area contributed by atoms with E-state index in [1.54, 1.807) is 38.5 Å². The minimum atomic E-state index is 0.852. The van der Waals surface area contributed by atoms with Crippen molar-refractivity contribution >= 4 is 0 Å². The Bertz CT molecular complexity index is 166. The molecule has 82 valence electrons. The molecule has 0 N–H and O–H groups in total. The highest BCUT2D eigenvalue weighted by Gasteiger charge is 2.44. The van der Waals surface area contributed by atoms with E-state index >= 15 is 0 Å². The molecule has 0 bridgehead atoms. The van der Waals surface area contributed by atoms with Crippen LogP contribution in [0.3, 0.4) is 0 Å². The minimum absolute atomic E-state index is 0.852. The van der Waals surface area contributed by atoms with Gasteiger partial charge in [-0.05, 0) is 55.8 Å². The third-order valence-corrected chi connectivity index (χ3v) is 4.88. The van der Waals surface area contributed by atoms with E-state index in [0.29, 0.717) is 0 Å². The molecule has 0 heterocycles. The van der Waals surface area contributed by atoms with Crippen LogP contribution in [0.15, 0.2) is 0 Å². The first kappa shape index (κ1) is 10.5. The largest absolute Gasteiger partial charge is 0.0654 e. The van der Waals surface area contributed by atoms with Crippen molar-refractivity contribution in [3.05, 3.63) is 0 Å². The van der Waals surface area contributed by atoms with Crippen LogP contribution < -0.4 is 0 Å².